The van der Waals surface area contributed by atoms with E-state index in [1.807, 2.05) is 0 Å². The Balaban J connectivity index is 1.98. The number of carbonyl (C=O) groups is 1. The molecule has 2 aromatic carbocycles. The Hall–Kier alpha value is -2.41. The molecule has 5 nitrogen and oxygen atoms in total. The molecular formula is C18H18FNO4S. The average Bonchev–Trinajstić information content (AvgIpc) is 2.96. The normalized spacial score (nSPS) is 18.7. The van der Waals surface area contributed by atoms with Crippen LogP contribution in [0.15, 0.2) is 48.5 Å². The Kier molecular flexibility index (Phi) is 4.76. The number of halogens is 1. The predicted molar refractivity (Wildman–Crippen MR) is 93.3 cm³/mol. The Bertz CT molecular complexity index is 863. The number of anilines is 1. The summed E-state index contributed by atoms with van der Waals surface area (Å²) in [6, 6.07) is 11.6. The van der Waals surface area contributed by atoms with Crippen LogP contribution in [0.1, 0.15) is 16.8 Å². The van der Waals surface area contributed by atoms with Gasteiger partial charge in [0.15, 0.2) is 9.84 Å². The van der Waals surface area contributed by atoms with Gasteiger partial charge in [-0.2, -0.15) is 0 Å². The molecule has 0 N–H and O–H groups in total. The Labute approximate surface area is 145 Å². The summed E-state index contributed by atoms with van der Waals surface area (Å²) < 4.78 is 42.0. The minimum absolute atomic E-state index is 0.0566. The third-order valence-corrected chi connectivity index (χ3v) is 5.98. The SMILES string of the molecule is COc1ccc(N(C(=O)c2ccc(F)cc2)C2CCS(=O)(=O)C2)cc1. The third-order valence-electron chi connectivity index (χ3n) is 4.23. The number of hydrogen-bond acceptors (Lipinski definition) is 4. The molecule has 1 aliphatic heterocycles. The fourth-order valence-corrected chi connectivity index (χ4v) is 4.65. The molecule has 0 aromatic heterocycles. The van der Waals surface area contributed by atoms with E-state index in [9.17, 15) is 17.6 Å². The van der Waals surface area contributed by atoms with Crippen molar-refractivity contribution in [3.63, 3.8) is 0 Å². The molecule has 132 valence electrons. The second-order valence-corrected chi connectivity index (χ2v) is 8.17. The summed E-state index contributed by atoms with van der Waals surface area (Å²) in [5.41, 5.74) is 0.888. The maximum absolute atomic E-state index is 13.1. The van der Waals surface area contributed by atoms with Gasteiger partial charge in [0.05, 0.1) is 24.7 Å². The van der Waals surface area contributed by atoms with Crippen molar-refractivity contribution in [1.82, 2.24) is 0 Å². The second kappa shape index (κ2) is 6.84. The molecule has 0 aliphatic carbocycles. The van der Waals surface area contributed by atoms with Crippen LogP contribution in [0, 0.1) is 5.82 Å². The first-order valence-corrected chi connectivity index (χ1v) is 9.65. The zero-order valence-corrected chi connectivity index (χ0v) is 14.5. The van der Waals surface area contributed by atoms with Gasteiger partial charge in [0.25, 0.3) is 5.91 Å². The highest BCUT2D eigenvalue weighted by atomic mass is 32.2. The summed E-state index contributed by atoms with van der Waals surface area (Å²) in [6.45, 7) is 0. The quantitative estimate of drug-likeness (QED) is 0.838. The highest BCUT2D eigenvalue weighted by molar-refractivity contribution is 7.91. The molecule has 0 saturated carbocycles. The minimum Gasteiger partial charge on any atom is -0.497 e. The molecule has 0 spiro atoms. The van der Waals surface area contributed by atoms with Crippen LogP contribution in [0.3, 0.4) is 0 Å². The van der Waals surface area contributed by atoms with Crippen molar-refractivity contribution >= 4 is 21.4 Å². The molecule has 1 aliphatic rings. The summed E-state index contributed by atoms with van der Waals surface area (Å²) >= 11 is 0. The fraction of sp³-hybridized carbons (Fsp3) is 0.278. The first-order valence-electron chi connectivity index (χ1n) is 7.83. The van der Waals surface area contributed by atoms with Crippen LogP contribution in [0.2, 0.25) is 0 Å². The molecule has 7 heteroatoms. The molecule has 1 saturated heterocycles. The van der Waals surface area contributed by atoms with Crippen LogP contribution in [-0.4, -0.2) is 39.0 Å². The van der Waals surface area contributed by atoms with Crippen molar-refractivity contribution in [2.24, 2.45) is 0 Å². The lowest BCUT2D eigenvalue weighted by molar-refractivity contribution is 0.0979. The van der Waals surface area contributed by atoms with E-state index in [1.54, 1.807) is 31.4 Å². The number of rotatable bonds is 4. The third kappa shape index (κ3) is 3.82. The lowest BCUT2D eigenvalue weighted by Crippen LogP contribution is -2.41. The van der Waals surface area contributed by atoms with Crippen molar-refractivity contribution in [3.8, 4) is 5.75 Å². The summed E-state index contributed by atoms with van der Waals surface area (Å²) in [5, 5.41) is 0. The van der Waals surface area contributed by atoms with E-state index in [4.69, 9.17) is 4.74 Å². The van der Waals surface area contributed by atoms with E-state index in [0.717, 1.165) is 0 Å². The number of methoxy groups -OCH3 is 1. The lowest BCUT2D eigenvalue weighted by Gasteiger charge is -2.28. The molecule has 1 fully saturated rings. The maximum atomic E-state index is 13.1. The van der Waals surface area contributed by atoms with Crippen LogP contribution in [0.5, 0.6) is 5.75 Å². The standard InChI is InChI=1S/C18H18FNO4S/c1-24-17-8-6-15(7-9-17)20(16-10-11-25(22,23)12-16)18(21)13-2-4-14(19)5-3-13/h2-9,16H,10-12H2,1H3. The van der Waals surface area contributed by atoms with Crippen molar-refractivity contribution in [3.05, 3.63) is 59.9 Å². The van der Waals surface area contributed by atoms with Gasteiger partial charge in [-0.3, -0.25) is 4.79 Å². The van der Waals surface area contributed by atoms with Gasteiger partial charge in [-0.25, -0.2) is 12.8 Å². The van der Waals surface area contributed by atoms with Gasteiger partial charge in [-0.15, -0.1) is 0 Å². The van der Waals surface area contributed by atoms with E-state index >= 15 is 0 Å². The topological polar surface area (TPSA) is 63.7 Å². The van der Waals surface area contributed by atoms with Gasteiger partial charge >= 0.3 is 0 Å². The Morgan fingerprint density at radius 1 is 1.12 bits per heavy atom. The van der Waals surface area contributed by atoms with Crippen molar-refractivity contribution in [2.75, 3.05) is 23.5 Å². The number of hydrogen-bond donors (Lipinski definition) is 0. The zero-order valence-electron chi connectivity index (χ0n) is 13.7. The number of carbonyl (C=O) groups excluding carboxylic acids is 1. The van der Waals surface area contributed by atoms with E-state index < -0.39 is 21.7 Å². The van der Waals surface area contributed by atoms with Crippen LogP contribution < -0.4 is 9.64 Å². The monoisotopic (exact) mass is 363 g/mol. The van der Waals surface area contributed by atoms with E-state index in [2.05, 4.69) is 0 Å². The smallest absolute Gasteiger partial charge is 0.258 e. The lowest BCUT2D eigenvalue weighted by atomic mass is 10.1. The van der Waals surface area contributed by atoms with Crippen LogP contribution in [0.25, 0.3) is 0 Å². The van der Waals surface area contributed by atoms with Crippen molar-refractivity contribution in [1.29, 1.82) is 0 Å². The number of ether oxygens (including phenoxy) is 1. The minimum atomic E-state index is -3.16. The molecule has 0 bridgehead atoms. The largest absolute Gasteiger partial charge is 0.497 e. The van der Waals surface area contributed by atoms with Crippen molar-refractivity contribution in [2.45, 2.75) is 12.5 Å². The van der Waals surface area contributed by atoms with Crippen LogP contribution in [-0.2, 0) is 9.84 Å². The molecule has 1 amide bonds. The van der Waals surface area contributed by atoms with Gasteiger partial charge in [-0.1, -0.05) is 0 Å². The Morgan fingerprint density at radius 3 is 2.28 bits per heavy atom. The summed E-state index contributed by atoms with van der Waals surface area (Å²) in [5.74, 6) is -0.173. The summed E-state index contributed by atoms with van der Waals surface area (Å²) in [7, 11) is -1.62. The fourth-order valence-electron chi connectivity index (χ4n) is 2.95. The van der Waals surface area contributed by atoms with Gasteiger partial charge in [-0.05, 0) is 55.0 Å². The highest BCUT2D eigenvalue weighted by Gasteiger charge is 2.36. The van der Waals surface area contributed by atoms with Gasteiger partial charge in [0, 0.05) is 11.3 Å². The number of sulfone groups is 1. The maximum Gasteiger partial charge on any atom is 0.258 e. The number of amides is 1. The molecule has 25 heavy (non-hydrogen) atoms. The summed E-state index contributed by atoms with van der Waals surface area (Å²) in [4.78, 5) is 14.5. The van der Waals surface area contributed by atoms with E-state index in [1.165, 1.54) is 29.2 Å². The van der Waals surface area contributed by atoms with Crippen LogP contribution in [0.4, 0.5) is 10.1 Å². The van der Waals surface area contributed by atoms with Gasteiger partial charge in [0.2, 0.25) is 0 Å². The van der Waals surface area contributed by atoms with Crippen LogP contribution >= 0.6 is 0 Å². The molecule has 1 atom stereocenters. The average molecular weight is 363 g/mol. The molecular weight excluding hydrogens is 345 g/mol. The molecule has 1 heterocycles. The molecule has 0 radical (unpaired) electrons. The van der Waals surface area contributed by atoms with Gasteiger partial charge < -0.3 is 9.64 Å². The van der Waals surface area contributed by atoms with Crippen molar-refractivity contribution < 1.29 is 22.3 Å². The van der Waals surface area contributed by atoms with Gasteiger partial charge in [0.1, 0.15) is 11.6 Å². The van der Waals surface area contributed by atoms with E-state index in [-0.39, 0.29) is 17.4 Å². The first-order chi connectivity index (χ1) is 11.9. The molecule has 1 unspecified atom stereocenters. The number of benzene rings is 2. The predicted octanol–water partition coefficient (Wildman–Crippen LogP) is 2.67. The molecule has 3 rings (SSSR count). The number of nitrogens with zero attached hydrogens (tertiary/aromatic N) is 1. The Morgan fingerprint density at radius 2 is 1.76 bits per heavy atom. The molecule has 2 aromatic rings. The van der Waals surface area contributed by atoms with E-state index in [0.29, 0.717) is 23.4 Å². The second-order valence-electron chi connectivity index (χ2n) is 5.94. The highest BCUT2D eigenvalue weighted by Crippen LogP contribution is 2.28. The zero-order chi connectivity index (χ0) is 18.0. The first kappa shape index (κ1) is 17.4. The summed E-state index contributed by atoms with van der Waals surface area (Å²) in [6.07, 6.45) is 0.376.